The largest absolute Gasteiger partial charge is 0.444 e. The molecule has 1 aromatic heterocycles. The minimum atomic E-state index is -1.12. The Morgan fingerprint density at radius 1 is 1.17 bits per heavy atom. The maximum atomic E-state index is 12.0. The molecule has 2 N–H and O–H groups in total. The van der Waals surface area contributed by atoms with E-state index < -0.39 is 17.3 Å². The fourth-order valence-electron chi connectivity index (χ4n) is 1.94. The van der Waals surface area contributed by atoms with E-state index in [-0.39, 0.29) is 0 Å². The molecule has 1 heterocycles. The Hall–Kier alpha value is -2.34. The van der Waals surface area contributed by atoms with E-state index in [0.29, 0.717) is 11.5 Å². The number of ether oxygens (including phenoxy) is 1. The zero-order valence-corrected chi connectivity index (χ0v) is 14.1. The molecule has 6 heteroatoms. The van der Waals surface area contributed by atoms with Gasteiger partial charge >= 0.3 is 6.09 Å². The van der Waals surface area contributed by atoms with Gasteiger partial charge in [-0.3, -0.25) is 5.32 Å². The summed E-state index contributed by atoms with van der Waals surface area (Å²) < 4.78 is 6.84. The lowest BCUT2D eigenvalue weighted by Gasteiger charge is -2.19. The van der Waals surface area contributed by atoms with Crippen molar-refractivity contribution in [3.05, 3.63) is 42.1 Å². The van der Waals surface area contributed by atoms with Crippen molar-refractivity contribution in [3.63, 3.8) is 0 Å². The first-order valence-corrected chi connectivity index (χ1v) is 7.44. The van der Waals surface area contributed by atoms with Crippen molar-refractivity contribution in [1.29, 1.82) is 0 Å². The van der Waals surface area contributed by atoms with Crippen molar-refractivity contribution in [2.45, 2.75) is 45.8 Å². The minimum Gasteiger partial charge on any atom is -0.444 e. The Kier molecular flexibility index (Phi) is 4.47. The summed E-state index contributed by atoms with van der Waals surface area (Å²) in [5.41, 5.74) is -0.494. The van der Waals surface area contributed by atoms with Crippen LogP contribution in [0, 0.1) is 0 Å². The van der Waals surface area contributed by atoms with Gasteiger partial charge in [0.1, 0.15) is 17.0 Å². The molecule has 124 valence electrons. The number of carbonyl (C=O) groups excluding carboxylic acids is 1. The molecule has 1 amide bonds. The highest BCUT2D eigenvalue weighted by atomic mass is 16.6. The number of benzene rings is 1. The van der Waals surface area contributed by atoms with Gasteiger partial charge in [-0.2, -0.15) is 5.10 Å². The molecule has 0 saturated heterocycles. The molecule has 23 heavy (non-hydrogen) atoms. The fourth-order valence-corrected chi connectivity index (χ4v) is 1.94. The van der Waals surface area contributed by atoms with E-state index in [1.807, 2.05) is 30.3 Å². The van der Waals surface area contributed by atoms with Crippen molar-refractivity contribution in [1.82, 2.24) is 9.78 Å². The van der Waals surface area contributed by atoms with Crippen molar-refractivity contribution in [3.8, 4) is 5.69 Å². The second kappa shape index (κ2) is 6.04. The van der Waals surface area contributed by atoms with Crippen molar-refractivity contribution in [2.75, 3.05) is 5.32 Å². The summed E-state index contributed by atoms with van der Waals surface area (Å²) in [4.78, 5) is 12.0. The molecule has 0 aliphatic rings. The monoisotopic (exact) mass is 317 g/mol. The molecule has 0 aliphatic heterocycles. The minimum absolute atomic E-state index is 0.433. The van der Waals surface area contributed by atoms with Gasteiger partial charge in [0.05, 0.1) is 11.4 Å². The van der Waals surface area contributed by atoms with E-state index in [1.54, 1.807) is 45.4 Å². The third kappa shape index (κ3) is 4.56. The topological polar surface area (TPSA) is 76.4 Å². The zero-order chi connectivity index (χ0) is 17.3. The van der Waals surface area contributed by atoms with Crippen LogP contribution in [0.15, 0.2) is 36.4 Å². The van der Waals surface area contributed by atoms with E-state index in [1.165, 1.54) is 0 Å². The van der Waals surface area contributed by atoms with Gasteiger partial charge in [-0.15, -0.1) is 0 Å². The average molecular weight is 317 g/mol. The summed E-state index contributed by atoms with van der Waals surface area (Å²) in [5, 5.41) is 17.3. The van der Waals surface area contributed by atoms with Crippen LogP contribution in [-0.4, -0.2) is 26.6 Å². The van der Waals surface area contributed by atoms with Gasteiger partial charge < -0.3 is 9.84 Å². The average Bonchev–Trinajstić information content (AvgIpc) is 2.81. The van der Waals surface area contributed by atoms with Gasteiger partial charge in [0.2, 0.25) is 0 Å². The molecule has 2 aromatic rings. The van der Waals surface area contributed by atoms with E-state index in [2.05, 4.69) is 10.4 Å². The number of nitrogens with zero attached hydrogens (tertiary/aromatic N) is 2. The molecular weight excluding hydrogens is 294 g/mol. The second-order valence-corrected chi connectivity index (χ2v) is 6.85. The normalized spacial score (nSPS) is 12.1. The lowest BCUT2D eigenvalue weighted by atomic mass is 10.1. The van der Waals surface area contributed by atoms with Crippen LogP contribution in [0.1, 0.15) is 40.3 Å². The summed E-state index contributed by atoms with van der Waals surface area (Å²) in [6, 6.07) is 11.0. The number of anilines is 1. The lowest BCUT2D eigenvalue weighted by molar-refractivity contribution is 0.0634. The number of carbonyl (C=O) groups is 1. The van der Waals surface area contributed by atoms with Crippen LogP contribution in [0.2, 0.25) is 0 Å². The first kappa shape index (κ1) is 17.0. The molecule has 6 nitrogen and oxygen atoms in total. The summed E-state index contributed by atoms with van der Waals surface area (Å²) in [7, 11) is 0. The van der Waals surface area contributed by atoms with Gasteiger partial charge in [-0.05, 0) is 46.8 Å². The molecule has 2 rings (SSSR count). The Bertz CT molecular complexity index is 679. The number of amides is 1. The quantitative estimate of drug-likeness (QED) is 0.909. The number of hydrogen-bond acceptors (Lipinski definition) is 4. The fraction of sp³-hybridized carbons (Fsp3) is 0.412. The molecule has 0 spiro atoms. The highest BCUT2D eigenvalue weighted by molar-refractivity contribution is 5.84. The van der Waals surface area contributed by atoms with Crippen LogP contribution >= 0.6 is 0 Å². The SMILES string of the molecule is CC(C)(C)OC(=O)Nc1cc(C(C)(C)O)nn1-c1ccccc1. The number of aliphatic hydroxyl groups is 1. The highest BCUT2D eigenvalue weighted by Gasteiger charge is 2.24. The molecule has 0 aliphatic carbocycles. The van der Waals surface area contributed by atoms with Crippen molar-refractivity contribution >= 4 is 11.9 Å². The molecule has 1 aromatic carbocycles. The lowest BCUT2D eigenvalue weighted by Crippen LogP contribution is -2.27. The first-order chi connectivity index (χ1) is 10.6. The maximum absolute atomic E-state index is 12.0. The molecular formula is C17H23N3O3. The predicted octanol–water partition coefficient (Wildman–Crippen LogP) is 3.45. The third-order valence-electron chi connectivity index (χ3n) is 2.97. The van der Waals surface area contributed by atoms with Crippen molar-refractivity contribution < 1.29 is 14.6 Å². The Morgan fingerprint density at radius 2 is 1.78 bits per heavy atom. The van der Waals surface area contributed by atoms with Gasteiger partial charge in [0.25, 0.3) is 0 Å². The van der Waals surface area contributed by atoms with Gasteiger partial charge in [0.15, 0.2) is 0 Å². The number of para-hydroxylation sites is 1. The summed E-state index contributed by atoms with van der Waals surface area (Å²) in [5.74, 6) is 0.433. The summed E-state index contributed by atoms with van der Waals surface area (Å²) in [6.45, 7) is 8.67. The molecule has 0 fully saturated rings. The maximum Gasteiger partial charge on any atom is 0.413 e. The second-order valence-electron chi connectivity index (χ2n) is 6.85. The van der Waals surface area contributed by atoms with Crippen LogP contribution in [0.3, 0.4) is 0 Å². The number of nitrogens with one attached hydrogen (secondary N) is 1. The number of hydrogen-bond donors (Lipinski definition) is 2. The zero-order valence-electron chi connectivity index (χ0n) is 14.1. The Balaban J connectivity index is 2.37. The van der Waals surface area contributed by atoms with Crippen LogP contribution in [-0.2, 0) is 10.3 Å². The standard InChI is InChI=1S/C17H23N3O3/c1-16(2,3)23-15(21)18-14-11-13(17(4,5)22)19-20(14)12-9-7-6-8-10-12/h6-11,22H,1-5H3,(H,18,21). The number of aromatic nitrogens is 2. The molecule has 0 saturated carbocycles. The Labute approximate surface area is 136 Å². The van der Waals surface area contributed by atoms with E-state index in [9.17, 15) is 9.90 Å². The van der Waals surface area contributed by atoms with Gasteiger partial charge in [0, 0.05) is 6.07 Å². The molecule has 0 bridgehead atoms. The van der Waals surface area contributed by atoms with Crippen LogP contribution in [0.25, 0.3) is 5.69 Å². The van der Waals surface area contributed by atoms with Gasteiger partial charge in [-0.1, -0.05) is 18.2 Å². The van der Waals surface area contributed by atoms with Crippen molar-refractivity contribution in [2.24, 2.45) is 0 Å². The first-order valence-electron chi connectivity index (χ1n) is 7.44. The molecule has 0 unspecified atom stereocenters. The van der Waals surface area contributed by atoms with Crippen LogP contribution in [0.4, 0.5) is 10.6 Å². The predicted molar refractivity (Wildman–Crippen MR) is 88.7 cm³/mol. The molecule has 0 atom stereocenters. The summed E-state index contributed by atoms with van der Waals surface area (Å²) in [6.07, 6.45) is -0.572. The molecule has 0 radical (unpaired) electrons. The van der Waals surface area contributed by atoms with Gasteiger partial charge in [-0.25, -0.2) is 9.48 Å². The highest BCUT2D eigenvalue weighted by Crippen LogP contribution is 2.25. The Morgan fingerprint density at radius 3 is 2.30 bits per heavy atom. The van der Waals surface area contributed by atoms with Crippen LogP contribution in [0.5, 0.6) is 0 Å². The third-order valence-corrected chi connectivity index (χ3v) is 2.97. The number of rotatable bonds is 3. The summed E-state index contributed by atoms with van der Waals surface area (Å²) >= 11 is 0. The van der Waals surface area contributed by atoms with Crippen LogP contribution < -0.4 is 5.32 Å². The smallest absolute Gasteiger partial charge is 0.413 e. The van der Waals surface area contributed by atoms with E-state index in [4.69, 9.17) is 4.74 Å². The van der Waals surface area contributed by atoms with E-state index in [0.717, 1.165) is 5.69 Å². The van der Waals surface area contributed by atoms with E-state index >= 15 is 0 Å².